The van der Waals surface area contributed by atoms with Gasteiger partial charge in [0.1, 0.15) is 10.6 Å². The van der Waals surface area contributed by atoms with Crippen molar-refractivity contribution in [2.45, 2.75) is 57.3 Å². The van der Waals surface area contributed by atoms with E-state index < -0.39 is 10.0 Å². The summed E-state index contributed by atoms with van der Waals surface area (Å²) < 4.78 is 32.2. The molecule has 0 unspecified atom stereocenters. The molecule has 2 aliphatic heterocycles. The van der Waals surface area contributed by atoms with Crippen molar-refractivity contribution in [2.75, 3.05) is 26.2 Å². The van der Waals surface area contributed by atoms with Crippen molar-refractivity contribution in [1.82, 2.24) is 14.4 Å². The van der Waals surface area contributed by atoms with Gasteiger partial charge in [0.15, 0.2) is 5.76 Å². The fourth-order valence-corrected chi connectivity index (χ4v) is 5.63. The Labute approximate surface area is 149 Å². The predicted octanol–water partition coefficient (Wildman–Crippen LogP) is 2.09. The first-order valence-electron chi connectivity index (χ1n) is 9.13. The molecule has 2 saturated heterocycles. The van der Waals surface area contributed by atoms with Crippen LogP contribution in [0.4, 0.5) is 0 Å². The standard InChI is InChI=1S/C17H27N3O4S/c1-13-16(14(2)24-18-13)25(22,23)20-11-7-15(8-12-20)17(21)19-9-5-3-4-6-10-19/h15H,3-12H2,1-2H3. The second-order valence-corrected chi connectivity index (χ2v) is 8.95. The molecule has 0 atom stereocenters. The number of aryl methyl sites for hydroxylation is 2. The Morgan fingerprint density at radius 1 is 1.04 bits per heavy atom. The lowest BCUT2D eigenvalue weighted by atomic mass is 9.96. The Balaban J connectivity index is 1.64. The first kappa shape index (κ1) is 18.4. The number of carbonyl (C=O) groups excluding carboxylic acids is 1. The van der Waals surface area contributed by atoms with Crippen molar-refractivity contribution >= 4 is 15.9 Å². The van der Waals surface area contributed by atoms with Crippen LogP contribution >= 0.6 is 0 Å². The largest absolute Gasteiger partial charge is 0.360 e. The minimum atomic E-state index is -3.61. The van der Waals surface area contributed by atoms with Crippen LogP contribution in [0.1, 0.15) is 50.0 Å². The average molecular weight is 369 g/mol. The average Bonchev–Trinajstić information content (AvgIpc) is 2.80. The van der Waals surface area contributed by atoms with Crippen LogP contribution in [0, 0.1) is 19.8 Å². The van der Waals surface area contributed by atoms with Gasteiger partial charge in [-0.2, -0.15) is 4.31 Å². The van der Waals surface area contributed by atoms with Gasteiger partial charge in [-0.3, -0.25) is 4.79 Å². The van der Waals surface area contributed by atoms with Gasteiger partial charge in [0.05, 0.1) is 0 Å². The molecule has 0 saturated carbocycles. The SMILES string of the molecule is Cc1noc(C)c1S(=O)(=O)N1CCC(C(=O)N2CCCCCC2)CC1. The van der Waals surface area contributed by atoms with E-state index >= 15 is 0 Å². The molecule has 0 N–H and O–H groups in total. The first-order valence-corrected chi connectivity index (χ1v) is 10.6. The van der Waals surface area contributed by atoms with Gasteiger partial charge in [0.2, 0.25) is 15.9 Å². The smallest absolute Gasteiger partial charge is 0.248 e. The molecule has 8 heteroatoms. The highest BCUT2D eigenvalue weighted by molar-refractivity contribution is 7.89. The van der Waals surface area contributed by atoms with Gasteiger partial charge < -0.3 is 9.42 Å². The van der Waals surface area contributed by atoms with E-state index in [0.29, 0.717) is 37.4 Å². The molecule has 1 aromatic rings. The Morgan fingerprint density at radius 3 is 2.16 bits per heavy atom. The number of rotatable bonds is 3. The van der Waals surface area contributed by atoms with Crippen LogP contribution in [-0.2, 0) is 14.8 Å². The normalized spacial score (nSPS) is 21.3. The second kappa shape index (κ2) is 7.45. The zero-order valence-electron chi connectivity index (χ0n) is 15.0. The van der Waals surface area contributed by atoms with E-state index in [9.17, 15) is 13.2 Å². The van der Waals surface area contributed by atoms with E-state index in [1.807, 2.05) is 4.90 Å². The summed E-state index contributed by atoms with van der Waals surface area (Å²) in [6.07, 6.45) is 5.70. The van der Waals surface area contributed by atoms with Crippen LogP contribution < -0.4 is 0 Å². The third kappa shape index (κ3) is 3.74. The minimum absolute atomic E-state index is 0.0609. The van der Waals surface area contributed by atoms with Gasteiger partial charge >= 0.3 is 0 Å². The lowest BCUT2D eigenvalue weighted by Gasteiger charge is -2.33. The summed E-state index contributed by atoms with van der Waals surface area (Å²) in [6.45, 7) is 5.68. The number of nitrogens with zero attached hydrogens (tertiary/aromatic N) is 3. The summed E-state index contributed by atoms with van der Waals surface area (Å²) >= 11 is 0. The summed E-state index contributed by atoms with van der Waals surface area (Å²) in [5.41, 5.74) is 0.389. The van der Waals surface area contributed by atoms with E-state index in [4.69, 9.17) is 4.52 Å². The molecule has 3 rings (SSSR count). The lowest BCUT2D eigenvalue weighted by molar-refractivity contribution is -0.136. The number of aromatic nitrogens is 1. The topological polar surface area (TPSA) is 83.7 Å². The zero-order chi connectivity index (χ0) is 18.0. The minimum Gasteiger partial charge on any atom is -0.360 e. The fourth-order valence-electron chi connectivity index (χ4n) is 3.86. The molecule has 0 bridgehead atoms. The van der Waals surface area contributed by atoms with Gasteiger partial charge in [0.25, 0.3) is 0 Å². The van der Waals surface area contributed by atoms with Crippen LogP contribution in [0.2, 0.25) is 0 Å². The number of hydrogen-bond donors (Lipinski definition) is 0. The van der Waals surface area contributed by atoms with Gasteiger partial charge in [0, 0.05) is 32.1 Å². The molecular formula is C17H27N3O4S. The predicted molar refractivity (Wildman–Crippen MR) is 92.5 cm³/mol. The maximum Gasteiger partial charge on any atom is 0.248 e. The second-order valence-electron chi connectivity index (χ2n) is 7.07. The van der Waals surface area contributed by atoms with Gasteiger partial charge in [-0.25, -0.2) is 8.42 Å². The van der Waals surface area contributed by atoms with Crippen molar-refractivity contribution in [3.63, 3.8) is 0 Å². The number of sulfonamides is 1. The number of carbonyl (C=O) groups is 1. The summed E-state index contributed by atoms with van der Waals surface area (Å²) in [6, 6.07) is 0. The van der Waals surface area contributed by atoms with E-state index in [0.717, 1.165) is 25.9 Å². The van der Waals surface area contributed by atoms with E-state index in [2.05, 4.69) is 5.16 Å². The Hall–Kier alpha value is -1.41. The van der Waals surface area contributed by atoms with E-state index in [1.54, 1.807) is 13.8 Å². The molecule has 1 amide bonds. The first-order chi connectivity index (χ1) is 11.9. The van der Waals surface area contributed by atoms with Crippen LogP contribution in [0.5, 0.6) is 0 Å². The van der Waals surface area contributed by atoms with Crippen molar-refractivity contribution < 1.29 is 17.7 Å². The zero-order valence-corrected chi connectivity index (χ0v) is 15.8. The molecule has 2 fully saturated rings. The highest BCUT2D eigenvalue weighted by Gasteiger charge is 2.36. The molecule has 0 spiro atoms. The van der Waals surface area contributed by atoms with Crippen LogP contribution in [0.15, 0.2) is 9.42 Å². The third-order valence-electron chi connectivity index (χ3n) is 5.29. The summed E-state index contributed by atoms with van der Waals surface area (Å²) in [5.74, 6) is 0.464. The molecule has 25 heavy (non-hydrogen) atoms. The number of piperidine rings is 1. The lowest BCUT2D eigenvalue weighted by Crippen LogP contribution is -2.44. The summed E-state index contributed by atoms with van der Waals surface area (Å²) in [4.78, 5) is 14.9. The molecule has 3 heterocycles. The van der Waals surface area contributed by atoms with Crippen LogP contribution in [0.3, 0.4) is 0 Å². The molecule has 1 aromatic heterocycles. The summed E-state index contributed by atoms with van der Waals surface area (Å²) in [5, 5.41) is 3.75. The molecule has 140 valence electrons. The Kier molecular flexibility index (Phi) is 5.48. The van der Waals surface area contributed by atoms with Crippen molar-refractivity contribution in [3.8, 4) is 0 Å². The van der Waals surface area contributed by atoms with Gasteiger partial charge in [-0.05, 0) is 39.5 Å². The van der Waals surface area contributed by atoms with E-state index in [-0.39, 0.29) is 16.7 Å². The van der Waals surface area contributed by atoms with Gasteiger partial charge in [-0.15, -0.1) is 0 Å². The molecular weight excluding hydrogens is 342 g/mol. The van der Waals surface area contributed by atoms with Crippen molar-refractivity contribution in [3.05, 3.63) is 11.5 Å². The summed E-state index contributed by atoms with van der Waals surface area (Å²) in [7, 11) is -3.61. The number of hydrogen-bond acceptors (Lipinski definition) is 5. The molecule has 0 aromatic carbocycles. The Bertz CT molecular complexity index is 693. The number of likely N-dealkylation sites (tertiary alicyclic amines) is 1. The number of amides is 1. The van der Waals surface area contributed by atoms with Crippen molar-refractivity contribution in [2.24, 2.45) is 5.92 Å². The molecule has 0 radical (unpaired) electrons. The maximum absolute atomic E-state index is 12.8. The fraction of sp³-hybridized carbons (Fsp3) is 0.765. The maximum atomic E-state index is 12.8. The quantitative estimate of drug-likeness (QED) is 0.815. The third-order valence-corrected chi connectivity index (χ3v) is 7.43. The highest BCUT2D eigenvalue weighted by atomic mass is 32.2. The Morgan fingerprint density at radius 2 is 1.64 bits per heavy atom. The molecule has 2 aliphatic rings. The van der Waals surface area contributed by atoms with Crippen molar-refractivity contribution in [1.29, 1.82) is 0 Å². The highest BCUT2D eigenvalue weighted by Crippen LogP contribution is 2.28. The monoisotopic (exact) mass is 369 g/mol. The van der Waals surface area contributed by atoms with Gasteiger partial charge in [-0.1, -0.05) is 18.0 Å². The molecule has 0 aliphatic carbocycles. The molecule has 7 nitrogen and oxygen atoms in total. The van der Waals surface area contributed by atoms with Crippen LogP contribution in [0.25, 0.3) is 0 Å². The van der Waals surface area contributed by atoms with E-state index in [1.165, 1.54) is 17.1 Å². The van der Waals surface area contributed by atoms with Crippen LogP contribution in [-0.4, -0.2) is 54.9 Å².